The highest BCUT2D eigenvalue weighted by Gasteiger charge is 2.26. The van der Waals surface area contributed by atoms with Gasteiger partial charge < -0.3 is 10.0 Å². The van der Waals surface area contributed by atoms with Crippen molar-refractivity contribution in [2.45, 2.75) is 72.4 Å². The summed E-state index contributed by atoms with van der Waals surface area (Å²) in [5, 5.41) is 14.7. The number of rotatable bonds is 6. The van der Waals surface area contributed by atoms with Gasteiger partial charge in [0.05, 0.1) is 18.2 Å². The van der Waals surface area contributed by atoms with Crippen molar-refractivity contribution < 1.29 is 9.90 Å². The van der Waals surface area contributed by atoms with Crippen LogP contribution < -0.4 is 0 Å². The molecule has 1 aromatic rings. The molecule has 2 atom stereocenters. The summed E-state index contributed by atoms with van der Waals surface area (Å²) in [7, 11) is 1.85. The molecule has 0 radical (unpaired) electrons. The molecule has 1 aromatic heterocycles. The zero-order chi connectivity index (χ0) is 17.9. The first kappa shape index (κ1) is 19.0. The third kappa shape index (κ3) is 4.59. The Morgan fingerprint density at radius 2 is 2.00 bits per heavy atom. The van der Waals surface area contributed by atoms with Crippen LogP contribution in [0.15, 0.2) is 0 Å². The van der Waals surface area contributed by atoms with Gasteiger partial charge in [-0.1, -0.05) is 26.7 Å². The predicted molar refractivity (Wildman–Crippen MR) is 95.8 cm³/mol. The summed E-state index contributed by atoms with van der Waals surface area (Å²) >= 11 is 0. The average Bonchev–Trinajstić information content (AvgIpc) is 2.76. The van der Waals surface area contributed by atoms with Gasteiger partial charge in [0.15, 0.2) is 0 Å². The molecule has 0 aromatic carbocycles. The molecule has 1 N–H and O–H groups in total. The van der Waals surface area contributed by atoms with E-state index in [9.17, 15) is 9.90 Å². The lowest BCUT2D eigenvalue weighted by molar-refractivity contribution is -0.130. The minimum atomic E-state index is -0.258. The average molecular weight is 335 g/mol. The summed E-state index contributed by atoms with van der Waals surface area (Å²) in [6.45, 7) is 9.91. The van der Waals surface area contributed by atoms with Crippen LogP contribution in [0.2, 0.25) is 0 Å². The molecule has 0 bridgehead atoms. The van der Waals surface area contributed by atoms with Crippen molar-refractivity contribution in [2.24, 2.45) is 11.8 Å². The van der Waals surface area contributed by atoms with Gasteiger partial charge in [-0.3, -0.25) is 9.48 Å². The van der Waals surface area contributed by atoms with Crippen LogP contribution in [-0.2, 0) is 17.8 Å². The van der Waals surface area contributed by atoms with E-state index >= 15 is 0 Å². The van der Waals surface area contributed by atoms with Crippen LogP contribution in [0.3, 0.4) is 0 Å². The zero-order valence-electron chi connectivity index (χ0n) is 15.9. The molecule has 0 saturated heterocycles. The SMILES string of the molecule is Cc1nn(CC(C)C)c(C)c1CC(=O)N(C)CC1CCCCC1O. The lowest BCUT2D eigenvalue weighted by atomic mass is 9.86. The van der Waals surface area contributed by atoms with Crippen molar-refractivity contribution in [2.75, 3.05) is 13.6 Å². The Bertz CT molecular complexity index is 565. The molecule has 1 aliphatic carbocycles. The first-order valence-electron chi connectivity index (χ1n) is 9.24. The Morgan fingerprint density at radius 1 is 1.33 bits per heavy atom. The van der Waals surface area contributed by atoms with E-state index in [2.05, 4.69) is 25.9 Å². The van der Waals surface area contributed by atoms with Crippen molar-refractivity contribution in [1.82, 2.24) is 14.7 Å². The molecule has 0 spiro atoms. The monoisotopic (exact) mass is 335 g/mol. The highest BCUT2D eigenvalue weighted by atomic mass is 16.3. The van der Waals surface area contributed by atoms with E-state index in [1.54, 1.807) is 4.90 Å². The van der Waals surface area contributed by atoms with E-state index < -0.39 is 0 Å². The Morgan fingerprint density at radius 3 is 2.62 bits per heavy atom. The lowest BCUT2D eigenvalue weighted by Crippen LogP contribution is -2.38. The minimum absolute atomic E-state index is 0.114. The van der Waals surface area contributed by atoms with Crippen LogP contribution in [0.1, 0.15) is 56.5 Å². The third-order valence-corrected chi connectivity index (χ3v) is 5.20. The number of carbonyl (C=O) groups excluding carboxylic acids is 1. The molecule has 136 valence electrons. The Kier molecular flexibility index (Phi) is 6.44. The van der Waals surface area contributed by atoms with Crippen molar-refractivity contribution in [3.05, 3.63) is 17.0 Å². The van der Waals surface area contributed by atoms with E-state index in [-0.39, 0.29) is 17.9 Å². The van der Waals surface area contributed by atoms with Gasteiger partial charge >= 0.3 is 0 Å². The van der Waals surface area contributed by atoms with Crippen LogP contribution >= 0.6 is 0 Å². The first-order chi connectivity index (χ1) is 11.3. The van der Waals surface area contributed by atoms with Crippen molar-refractivity contribution in [3.63, 3.8) is 0 Å². The molecule has 1 fully saturated rings. The maximum absolute atomic E-state index is 12.6. The molecule has 0 aliphatic heterocycles. The minimum Gasteiger partial charge on any atom is -0.393 e. The first-order valence-corrected chi connectivity index (χ1v) is 9.24. The third-order valence-electron chi connectivity index (χ3n) is 5.20. The Balaban J connectivity index is 1.99. The molecule has 1 amide bonds. The fourth-order valence-electron chi connectivity index (χ4n) is 3.65. The molecule has 1 aliphatic rings. The fraction of sp³-hybridized carbons (Fsp3) is 0.789. The largest absolute Gasteiger partial charge is 0.393 e. The smallest absolute Gasteiger partial charge is 0.226 e. The molecule has 1 heterocycles. The van der Waals surface area contributed by atoms with Gasteiger partial charge in [-0.05, 0) is 32.6 Å². The number of carbonyl (C=O) groups is 1. The summed E-state index contributed by atoms with van der Waals surface area (Å²) in [6, 6.07) is 0. The number of hydrogen-bond donors (Lipinski definition) is 1. The molecule has 5 heteroatoms. The van der Waals surface area contributed by atoms with Crippen LogP contribution in [0.25, 0.3) is 0 Å². The molecule has 5 nitrogen and oxygen atoms in total. The highest BCUT2D eigenvalue weighted by Crippen LogP contribution is 2.25. The second-order valence-electron chi connectivity index (χ2n) is 7.79. The standard InChI is InChI=1S/C19H33N3O2/c1-13(2)11-22-15(4)17(14(3)20-22)10-19(24)21(5)12-16-8-6-7-9-18(16)23/h13,16,18,23H,6-12H2,1-5H3. The summed E-state index contributed by atoms with van der Waals surface area (Å²) in [6.07, 6.45) is 4.28. The normalized spacial score (nSPS) is 21.3. The van der Waals surface area contributed by atoms with Crippen LogP contribution in [0, 0.1) is 25.7 Å². The van der Waals surface area contributed by atoms with E-state index in [0.29, 0.717) is 18.9 Å². The highest BCUT2D eigenvalue weighted by molar-refractivity contribution is 5.79. The molecule has 2 unspecified atom stereocenters. The second kappa shape index (κ2) is 8.15. The number of nitrogens with zero attached hydrogens (tertiary/aromatic N) is 3. The maximum Gasteiger partial charge on any atom is 0.226 e. The summed E-state index contributed by atoms with van der Waals surface area (Å²) in [5.74, 6) is 0.864. The van der Waals surface area contributed by atoms with Gasteiger partial charge in [-0.15, -0.1) is 0 Å². The van der Waals surface area contributed by atoms with Gasteiger partial charge in [0.1, 0.15) is 0 Å². The van der Waals surface area contributed by atoms with Gasteiger partial charge in [0.2, 0.25) is 5.91 Å². The van der Waals surface area contributed by atoms with Crippen molar-refractivity contribution >= 4 is 5.91 Å². The predicted octanol–water partition coefficient (Wildman–Crippen LogP) is 2.71. The van der Waals surface area contributed by atoms with Crippen molar-refractivity contribution in [3.8, 4) is 0 Å². The van der Waals surface area contributed by atoms with E-state index in [4.69, 9.17) is 0 Å². The van der Waals surface area contributed by atoms with E-state index in [1.807, 2.05) is 18.7 Å². The van der Waals surface area contributed by atoms with E-state index in [0.717, 1.165) is 49.2 Å². The van der Waals surface area contributed by atoms with Gasteiger partial charge in [-0.25, -0.2) is 0 Å². The number of aryl methyl sites for hydroxylation is 1. The topological polar surface area (TPSA) is 58.4 Å². The summed E-state index contributed by atoms with van der Waals surface area (Å²) in [5.41, 5.74) is 3.10. The summed E-state index contributed by atoms with van der Waals surface area (Å²) in [4.78, 5) is 14.4. The Hall–Kier alpha value is -1.36. The number of amides is 1. The fourth-order valence-corrected chi connectivity index (χ4v) is 3.65. The lowest BCUT2D eigenvalue weighted by Gasteiger charge is -2.31. The van der Waals surface area contributed by atoms with Gasteiger partial charge in [-0.2, -0.15) is 5.10 Å². The molecular formula is C19H33N3O2. The molecular weight excluding hydrogens is 302 g/mol. The molecule has 2 rings (SSSR count). The van der Waals surface area contributed by atoms with Gasteiger partial charge in [0.25, 0.3) is 0 Å². The maximum atomic E-state index is 12.6. The number of aliphatic hydroxyl groups excluding tert-OH is 1. The van der Waals surface area contributed by atoms with Gasteiger partial charge in [0, 0.05) is 37.3 Å². The quantitative estimate of drug-likeness (QED) is 0.869. The number of aliphatic hydroxyl groups is 1. The number of aromatic nitrogens is 2. The zero-order valence-corrected chi connectivity index (χ0v) is 15.9. The molecule has 24 heavy (non-hydrogen) atoms. The van der Waals surface area contributed by atoms with Crippen molar-refractivity contribution in [1.29, 1.82) is 0 Å². The number of likely N-dealkylation sites (N-methyl/N-ethyl adjacent to an activating group) is 1. The van der Waals surface area contributed by atoms with Crippen LogP contribution in [0.4, 0.5) is 0 Å². The Labute approximate surface area is 146 Å². The van der Waals surface area contributed by atoms with Crippen LogP contribution in [-0.4, -0.2) is 45.4 Å². The molecule has 1 saturated carbocycles. The summed E-state index contributed by atoms with van der Waals surface area (Å²) < 4.78 is 2.02. The second-order valence-corrected chi connectivity index (χ2v) is 7.79. The van der Waals surface area contributed by atoms with Crippen LogP contribution in [0.5, 0.6) is 0 Å². The van der Waals surface area contributed by atoms with E-state index in [1.165, 1.54) is 0 Å². The number of hydrogen-bond acceptors (Lipinski definition) is 3.